The Bertz CT molecular complexity index is 436. The van der Waals surface area contributed by atoms with E-state index in [1.165, 1.54) is 11.0 Å². The highest BCUT2D eigenvalue weighted by atomic mass is 16.5. The van der Waals surface area contributed by atoms with Gasteiger partial charge in [-0.15, -0.1) is 0 Å². The summed E-state index contributed by atoms with van der Waals surface area (Å²) in [4.78, 5) is 15.6. The third-order valence-corrected chi connectivity index (χ3v) is 3.33. The third kappa shape index (κ3) is 2.85. The van der Waals surface area contributed by atoms with Crippen molar-refractivity contribution < 1.29 is 4.74 Å². The van der Waals surface area contributed by atoms with E-state index in [1.807, 2.05) is 0 Å². The largest absolute Gasteiger partial charge is 0.472 e. The van der Waals surface area contributed by atoms with Crippen LogP contribution in [0.4, 0.5) is 0 Å². The van der Waals surface area contributed by atoms with Gasteiger partial charge < -0.3 is 15.0 Å². The molecule has 0 aromatic carbocycles. The first-order valence-electron chi connectivity index (χ1n) is 6.04. The summed E-state index contributed by atoms with van der Waals surface area (Å²) >= 11 is 0. The Kier molecular flexibility index (Phi) is 3.47. The number of rotatable bonds is 3. The summed E-state index contributed by atoms with van der Waals surface area (Å²) in [6.45, 7) is 0.374. The van der Waals surface area contributed by atoms with Gasteiger partial charge in [-0.05, 0) is 12.8 Å². The minimum atomic E-state index is -0.291. The number of aromatic nitrogens is 2. The molecule has 0 unspecified atom stereocenters. The Balaban J connectivity index is 2.02. The van der Waals surface area contributed by atoms with Gasteiger partial charge >= 0.3 is 5.56 Å². The maximum Gasteiger partial charge on any atom is 0.313 e. The summed E-state index contributed by atoms with van der Waals surface area (Å²) in [6, 6.07) is 0. The van der Waals surface area contributed by atoms with Gasteiger partial charge in [0.05, 0.1) is 5.54 Å². The SMILES string of the molecule is Cn1ccnc(OCC2(N)CCCCC2)c1=O. The van der Waals surface area contributed by atoms with Crippen LogP contribution in [0.1, 0.15) is 32.1 Å². The van der Waals surface area contributed by atoms with Crippen molar-refractivity contribution in [2.75, 3.05) is 6.61 Å². The zero-order valence-electron chi connectivity index (χ0n) is 10.2. The van der Waals surface area contributed by atoms with Crippen LogP contribution >= 0.6 is 0 Å². The summed E-state index contributed by atoms with van der Waals surface area (Å²) in [5.41, 5.74) is 5.73. The normalized spacial score (nSPS) is 18.9. The van der Waals surface area contributed by atoms with Crippen molar-refractivity contribution in [1.29, 1.82) is 0 Å². The fourth-order valence-corrected chi connectivity index (χ4v) is 2.19. The molecule has 1 heterocycles. The van der Waals surface area contributed by atoms with Crippen LogP contribution in [0.15, 0.2) is 17.2 Å². The van der Waals surface area contributed by atoms with Crippen molar-refractivity contribution in [3.05, 3.63) is 22.7 Å². The monoisotopic (exact) mass is 237 g/mol. The Morgan fingerprint density at radius 2 is 2.18 bits per heavy atom. The van der Waals surface area contributed by atoms with Crippen LogP contribution in [-0.2, 0) is 7.05 Å². The molecular formula is C12H19N3O2. The van der Waals surface area contributed by atoms with Crippen molar-refractivity contribution in [1.82, 2.24) is 9.55 Å². The van der Waals surface area contributed by atoms with Gasteiger partial charge in [-0.3, -0.25) is 4.79 Å². The van der Waals surface area contributed by atoms with E-state index in [1.54, 1.807) is 19.4 Å². The molecule has 0 bridgehead atoms. The first-order valence-corrected chi connectivity index (χ1v) is 6.04. The number of hydrogen-bond donors (Lipinski definition) is 1. The van der Waals surface area contributed by atoms with Gasteiger partial charge in [-0.1, -0.05) is 19.3 Å². The van der Waals surface area contributed by atoms with Crippen molar-refractivity contribution in [3.63, 3.8) is 0 Å². The fraction of sp³-hybridized carbons (Fsp3) is 0.667. The van der Waals surface area contributed by atoms with E-state index < -0.39 is 0 Å². The number of aryl methyl sites for hydroxylation is 1. The first-order chi connectivity index (χ1) is 8.11. The molecule has 0 amide bonds. The van der Waals surface area contributed by atoms with Crippen molar-refractivity contribution in [2.24, 2.45) is 12.8 Å². The molecule has 1 saturated carbocycles. The lowest BCUT2D eigenvalue weighted by Gasteiger charge is -2.32. The van der Waals surface area contributed by atoms with E-state index >= 15 is 0 Å². The quantitative estimate of drug-likeness (QED) is 0.845. The molecule has 17 heavy (non-hydrogen) atoms. The predicted octanol–water partition coefficient (Wildman–Crippen LogP) is 0.821. The molecule has 1 aliphatic rings. The Hall–Kier alpha value is -1.36. The van der Waals surface area contributed by atoms with E-state index in [-0.39, 0.29) is 17.0 Å². The molecule has 0 radical (unpaired) electrons. The van der Waals surface area contributed by atoms with Gasteiger partial charge in [0.1, 0.15) is 6.61 Å². The molecule has 1 aromatic heterocycles. The zero-order chi connectivity index (χ0) is 12.3. The summed E-state index contributed by atoms with van der Waals surface area (Å²) < 4.78 is 6.94. The zero-order valence-corrected chi connectivity index (χ0v) is 10.2. The molecular weight excluding hydrogens is 218 g/mol. The minimum absolute atomic E-state index is 0.144. The highest BCUT2D eigenvalue weighted by Gasteiger charge is 2.28. The Morgan fingerprint density at radius 3 is 2.88 bits per heavy atom. The van der Waals surface area contributed by atoms with Gasteiger partial charge in [-0.2, -0.15) is 0 Å². The second-order valence-corrected chi connectivity index (χ2v) is 4.86. The maximum atomic E-state index is 11.7. The highest BCUT2D eigenvalue weighted by molar-refractivity contribution is 5.05. The van der Waals surface area contributed by atoms with E-state index in [4.69, 9.17) is 10.5 Å². The second kappa shape index (κ2) is 4.87. The Labute approximate surface area is 101 Å². The van der Waals surface area contributed by atoms with E-state index in [9.17, 15) is 4.79 Å². The van der Waals surface area contributed by atoms with Gasteiger partial charge in [-0.25, -0.2) is 4.98 Å². The van der Waals surface area contributed by atoms with E-state index in [0.29, 0.717) is 6.61 Å². The standard InChI is InChI=1S/C12H19N3O2/c1-15-8-7-14-10(11(15)16)17-9-12(13)5-3-2-4-6-12/h7-8H,2-6,9,13H2,1H3. The molecule has 5 nitrogen and oxygen atoms in total. The van der Waals surface area contributed by atoms with Gasteiger partial charge in [0.25, 0.3) is 5.88 Å². The number of nitrogens with two attached hydrogens (primary N) is 1. The average Bonchev–Trinajstić information content (AvgIpc) is 2.32. The van der Waals surface area contributed by atoms with Crippen molar-refractivity contribution in [3.8, 4) is 5.88 Å². The smallest absolute Gasteiger partial charge is 0.313 e. The number of ether oxygens (including phenoxy) is 1. The molecule has 0 spiro atoms. The van der Waals surface area contributed by atoms with Crippen LogP contribution < -0.4 is 16.0 Å². The number of hydrogen-bond acceptors (Lipinski definition) is 4. The maximum absolute atomic E-state index is 11.7. The van der Waals surface area contributed by atoms with Gasteiger partial charge in [0.2, 0.25) is 0 Å². The fourth-order valence-electron chi connectivity index (χ4n) is 2.19. The highest BCUT2D eigenvalue weighted by Crippen LogP contribution is 2.25. The van der Waals surface area contributed by atoms with Crippen LogP contribution in [0.25, 0.3) is 0 Å². The van der Waals surface area contributed by atoms with Gasteiger partial charge in [0, 0.05) is 19.4 Å². The summed E-state index contributed by atoms with van der Waals surface area (Å²) in [5, 5.41) is 0. The average molecular weight is 237 g/mol. The van der Waals surface area contributed by atoms with Crippen LogP contribution in [0, 0.1) is 0 Å². The topological polar surface area (TPSA) is 70.1 Å². The lowest BCUT2D eigenvalue weighted by Crippen LogP contribution is -2.47. The molecule has 1 aromatic rings. The number of nitrogens with zero attached hydrogens (tertiary/aromatic N) is 2. The molecule has 0 atom stereocenters. The molecule has 0 aliphatic heterocycles. The Morgan fingerprint density at radius 1 is 1.47 bits per heavy atom. The van der Waals surface area contributed by atoms with Crippen LogP contribution in [0.5, 0.6) is 5.88 Å². The first kappa shape index (κ1) is 12.1. The lowest BCUT2D eigenvalue weighted by molar-refractivity contribution is 0.166. The van der Waals surface area contributed by atoms with Gasteiger partial charge in [0.15, 0.2) is 0 Å². The molecule has 94 valence electrons. The van der Waals surface area contributed by atoms with Crippen molar-refractivity contribution >= 4 is 0 Å². The van der Waals surface area contributed by atoms with Crippen LogP contribution in [0.3, 0.4) is 0 Å². The van der Waals surface area contributed by atoms with Crippen LogP contribution in [0.2, 0.25) is 0 Å². The molecule has 0 saturated heterocycles. The molecule has 5 heteroatoms. The minimum Gasteiger partial charge on any atom is -0.472 e. The lowest BCUT2D eigenvalue weighted by atomic mass is 9.83. The summed E-state index contributed by atoms with van der Waals surface area (Å²) in [7, 11) is 1.68. The molecule has 2 N–H and O–H groups in total. The van der Waals surface area contributed by atoms with Crippen LogP contribution in [-0.4, -0.2) is 21.7 Å². The summed E-state index contributed by atoms with van der Waals surface area (Å²) in [6.07, 6.45) is 8.60. The third-order valence-electron chi connectivity index (χ3n) is 3.33. The van der Waals surface area contributed by atoms with E-state index in [0.717, 1.165) is 25.7 Å². The predicted molar refractivity (Wildman–Crippen MR) is 65.0 cm³/mol. The molecule has 1 aliphatic carbocycles. The molecule has 2 rings (SSSR count). The second-order valence-electron chi connectivity index (χ2n) is 4.86. The van der Waals surface area contributed by atoms with Crippen molar-refractivity contribution in [2.45, 2.75) is 37.6 Å². The van der Waals surface area contributed by atoms with E-state index in [2.05, 4.69) is 4.98 Å². The molecule has 1 fully saturated rings. The summed E-state index contributed by atoms with van der Waals surface area (Å²) in [5.74, 6) is 0.144.